The van der Waals surface area contributed by atoms with E-state index in [1.165, 1.54) is 6.20 Å². The summed E-state index contributed by atoms with van der Waals surface area (Å²) in [7, 11) is 0. The predicted molar refractivity (Wildman–Crippen MR) is 94.4 cm³/mol. The summed E-state index contributed by atoms with van der Waals surface area (Å²) >= 11 is 0. The molecule has 0 aliphatic carbocycles. The number of ether oxygens (including phenoxy) is 1. The molecule has 2 aromatic rings. The number of pyridine rings is 1. The van der Waals surface area contributed by atoms with Crippen LogP contribution in [0.5, 0.6) is 0 Å². The molecule has 138 valence electrons. The smallest absolute Gasteiger partial charge is 0.292 e. The van der Waals surface area contributed by atoms with E-state index in [9.17, 15) is 4.79 Å². The number of rotatable bonds is 3. The van der Waals surface area contributed by atoms with E-state index in [2.05, 4.69) is 21.1 Å². The van der Waals surface area contributed by atoms with Crippen molar-refractivity contribution in [2.45, 2.75) is 19.4 Å². The molecule has 7 heteroatoms. The Morgan fingerprint density at radius 1 is 1.19 bits per heavy atom. The van der Waals surface area contributed by atoms with Crippen LogP contribution >= 0.6 is 0 Å². The van der Waals surface area contributed by atoms with Crippen molar-refractivity contribution in [1.82, 2.24) is 19.9 Å². The number of hydrogen-bond acceptors (Lipinski definition) is 6. The van der Waals surface area contributed by atoms with Crippen molar-refractivity contribution in [3.8, 4) is 0 Å². The van der Waals surface area contributed by atoms with Gasteiger partial charge in [-0.2, -0.15) is 0 Å². The molecule has 7 nitrogen and oxygen atoms in total. The lowest BCUT2D eigenvalue weighted by atomic mass is 9.80. The fourth-order valence-electron chi connectivity index (χ4n) is 4.05. The SMILES string of the molecule is O=C(c1ccno1)N1CCCC2(COCCN(Cc3ccccn3)C2)C1. The van der Waals surface area contributed by atoms with Gasteiger partial charge in [-0.3, -0.25) is 14.7 Å². The zero-order chi connectivity index (χ0) is 17.8. The van der Waals surface area contributed by atoms with Crippen molar-refractivity contribution in [1.29, 1.82) is 0 Å². The molecule has 2 aliphatic heterocycles. The molecule has 1 amide bonds. The quantitative estimate of drug-likeness (QED) is 0.835. The summed E-state index contributed by atoms with van der Waals surface area (Å²) in [5.41, 5.74) is 1.02. The van der Waals surface area contributed by atoms with Gasteiger partial charge in [-0.25, -0.2) is 0 Å². The van der Waals surface area contributed by atoms with Gasteiger partial charge in [-0.15, -0.1) is 0 Å². The van der Waals surface area contributed by atoms with E-state index in [1.807, 2.05) is 23.2 Å². The summed E-state index contributed by atoms with van der Waals surface area (Å²) in [5.74, 6) is 0.226. The second kappa shape index (κ2) is 7.55. The first kappa shape index (κ1) is 17.2. The van der Waals surface area contributed by atoms with Gasteiger partial charge < -0.3 is 14.2 Å². The maximum absolute atomic E-state index is 12.7. The highest BCUT2D eigenvalue weighted by Crippen LogP contribution is 2.34. The van der Waals surface area contributed by atoms with Crippen LogP contribution in [0, 0.1) is 5.41 Å². The fourth-order valence-corrected chi connectivity index (χ4v) is 4.05. The average molecular weight is 356 g/mol. The van der Waals surface area contributed by atoms with E-state index < -0.39 is 0 Å². The zero-order valence-corrected chi connectivity index (χ0v) is 14.8. The molecule has 0 saturated carbocycles. The third-order valence-electron chi connectivity index (χ3n) is 5.23. The summed E-state index contributed by atoms with van der Waals surface area (Å²) in [6.45, 7) is 5.43. The number of likely N-dealkylation sites (tertiary alicyclic amines) is 1. The Hall–Kier alpha value is -2.25. The first-order valence-electron chi connectivity index (χ1n) is 9.14. The third-order valence-corrected chi connectivity index (χ3v) is 5.23. The molecule has 2 aliphatic rings. The summed E-state index contributed by atoms with van der Waals surface area (Å²) in [6, 6.07) is 7.63. The van der Waals surface area contributed by atoms with Gasteiger partial charge in [0.2, 0.25) is 5.76 Å². The summed E-state index contributed by atoms with van der Waals surface area (Å²) in [4.78, 5) is 21.4. The zero-order valence-electron chi connectivity index (χ0n) is 14.8. The van der Waals surface area contributed by atoms with Gasteiger partial charge in [-0.1, -0.05) is 11.2 Å². The molecular formula is C19H24N4O3. The lowest BCUT2D eigenvalue weighted by Gasteiger charge is -2.43. The molecule has 1 unspecified atom stereocenters. The van der Waals surface area contributed by atoms with Gasteiger partial charge in [-0.05, 0) is 25.0 Å². The van der Waals surface area contributed by atoms with Crippen LogP contribution in [0.3, 0.4) is 0 Å². The standard InChI is InChI=1S/C19H24N4O3/c24-18(17-5-8-21-26-17)23-9-3-6-19(14-23)13-22(10-11-25-15-19)12-16-4-1-2-7-20-16/h1-2,4-5,7-8H,3,6,9-15H2. The molecule has 0 N–H and O–H groups in total. The molecule has 2 aromatic heterocycles. The van der Waals surface area contributed by atoms with Gasteiger partial charge in [0.15, 0.2) is 0 Å². The maximum atomic E-state index is 12.7. The second-order valence-electron chi connectivity index (χ2n) is 7.29. The Labute approximate surface area is 152 Å². The van der Waals surface area contributed by atoms with E-state index in [0.29, 0.717) is 25.5 Å². The van der Waals surface area contributed by atoms with Crippen LogP contribution in [0.1, 0.15) is 29.1 Å². The van der Waals surface area contributed by atoms with Gasteiger partial charge in [0.05, 0.1) is 25.1 Å². The van der Waals surface area contributed by atoms with Crippen molar-refractivity contribution in [2.24, 2.45) is 5.41 Å². The molecule has 0 aromatic carbocycles. The van der Waals surface area contributed by atoms with Gasteiger partial charge in [0.1, 0.15) is 0 Å². The van der Waals surface area contributed by atoms with Crippen molar-refractivity contribution >= 4 is 5.91 Å². The van der Waals surface area contributed by atoms with Crippen molar-refractivity contribution in [3.05, 3.63) is 48.1 Å². The van der Waals surface area contributed by atoms with Gasteiger partial charge >= 0.3 is 0 Å². The van der Waals surface area contributed by atoms with Crippen LogP contribution in [0.2, 0.25) is 0 Å². The molecule has 2 fully saturated rings. The summed E-state index contributed by atoms with van der Waals surface area (Å²) in [5, 5.41) is 3.65. The van der Waals surface area contributed by atoms with Crippen LogP contribution in [0.15, 0.2) is 41.2 Å². The molecule has 1 atom stereocenters. The highest BCUT2D eigenvalue weighted by Gasteiger charge is 2.40. The number of hydrogen-bond donors (Lipinski definition) is 0. The van der Waals surface area contributed by atoms with E-state index in [1.54, 1.807) is 6.07 Å². The Morgan fingerprint density at radius 2 is 2.15 bits per heavy atom. The molecule has 2 saturated heterocycles. The maximum Gasteiger partial charge on any atom is 0.292 e. The second-order valence-corrected chi connectivity index (χ2v) is 7.29. The molecule has 4 rings (SSSR count). The molecular weight excluding hydrogens is 332 g/mol. The van der Waals surface area contributed by atoms with Crippen LogP contribution < -0.4 is 0 Å². The number of piperidine rings is 1. The number of nitrogens with zero attached hydrogens (tertiary/aromatic N) is 4. The highest BCUT2D eigenvalue weighted by atomic mass is 16.5. The van der Waals surface area contributed by atoms with Crippen LogP contribution in [-0.4, -0.2) is 65.2 Å². The third kappa shape index (κ3) is 3.78. The van der Waals surface area contributed by atoms with E-state index in [-0.39, 0.29) is 11.3 Å². The Bertz CT molecular complexity index is 722. The summed E-state index contributed by atoms with van der Waals surface area (Å²) < 4.78 is 11.0. The fraction of sp³-hybridized carbons (Fsp3) is 0.526. The average Bonchev–Trinajstić information content (AvgIpc) is 3.14. The molecule has 1 spiro atoms. The molecule has 0 radical (unpaired) electrons. The largest absolute Gasteiger partial charge is 0.379 e. The Balaban J connectivity index is 1.47. The molecule has 26 heavy (non-hydrogen) atoms. The van der Waals surface area contributed by atoms with E-state index in [0.717, 1.165) is 44.7 Å². The lowest BCUT2D eigenvalue weighted by molar-refractivity contribution is 0.00540. The van der Waals surface area contributed by atoms with Gasteiger partial charge in [0.25, 0.3) is 5.91 Å². The number of amides is 1. The lowest BCUT2D eigenvalue weighted by Crippen LogP contribution is -2.52. The molecule has 0 bridgehead atoms. The number of carbonyl (C=O) groups is 1. The first-order chi connectivity index (χ1) is 12.7. The normalized spacial score (nSPS) is 24.5. The van der Waals surface area contributed by atoms with E-state index >= 15 is 0 Å². The monoisotopic (exact) mass is 356 g/mol. The predicted octanol–water partition coefficient (Wildman–Crippen LogP) is 1.82. The Morgan fingerprint density at radius 3 is 2.96 bits per heavy atom. The number of carbonyl (C=O) groups excluding carboxylic acids is 1. The molecule has 4 heterocycles. The Kier molecular flexibility index (Phi) is 4.99. The highest BCUT2D eigenvalue weighted by molar-refractivity contribution is 5.91. The van der Waals surface area contributed by atoms with Crippen LogP contribution in [-0.2, 0) is 11.3 Å². The van der Waals surface area contributed by atoms with Gasteiger partial charge in [0, 0.05) is 50.4 Å². The first-order valence-corrected chi connectivity index (χ1v) is 9.14. The number of aromatic nitrogens is 2. The minimum Gasteiger partial charge on any atom is -0.379 e. The van der Waals surface area contributed by atoms with Crippen LogP contribution in [0.4, 0.5) is 0 Å². The topological polar surface area (TPSA) is 71.7 Å². The summed E-state index contributed by atoms with van der Waals surface area (Å²) in [6.07, 6.45) is 5.38. The minimum atomic E-state index is -0.0814. The van der Waals surface area contributed by atoms with Crippen LogP contribution in [0.25, 0.3) is 0 Å². The van der Waals surface area contributed by atoms with Crippen molar-refractivity contribution in [2.75, 3.05) is 39.4 Å². The minimum absolute atomic E-state index is 0.0424. The van der Waals surface area contributed by atoms with E-state index in [4.69, 9.17) is 9.26 Å². The van der Waals surface area contributed by atoms with Crippen molar-refractivity contribution in [3.63, 3.8) is 0 Å². The van der Waals surface area contributed by atoms with Crippen molar-refractivity contribution < 1.29 is 14.1 Å².